The first-order valence-corrected chi connectivity index (χ1v) is 5.20. The molecule has 0 bridgehead atoms. The third-order valence-corrected chi connectivity index (χ3v) is 2.05. The van der Waals surface area contributed by atoms with Gasteiger partial charge in [-0.3, -0.25) is 0 Å². The maximum absolute atomic E-state index is 11.2. The SMILES string of the molecule is CC(C)(C)OC(=O)NCc1nccs1. The minimum Gasteiger partial charge on any atom is -0.444 e. The third-order valence-electron chi connectivity index (χ3n) is 1.27. The van der Waals surface area contributed by atoms with Crippen LogP contribution >= 0.6 is 11.3 Å². The van der Waals surface area contributed by atoms with Crippen LogP contribution < -0.4 is 5.32 Å². The number of nitrogens with one attached hydrogen (secondary N) is 1. The van der Waals surface area contributed by atoms with Gasteiger partial charge in [-0.1, -0.05) is 0 Å². The molecule has 1 amide bonds. The fourth-order valence-corrected chi connectivity index (χ4v) is 1.36. The number of hydrogen-bond acceptors (Lipinski definition) is 4. The predicted octanol–water partition coefficient (Wildman–Crippen LogP) is 2.17. The second-order valence-corrected chi connectivity index (χ2v) is 4.76. The number of aromatic nitrogens is 1. The second-order valence-electron chi connectivity index (χ2n) is 3.78. The van der Waals surface area contributed by atoms with Crippen LogP contribution in [0.15, 0.2) is 11.6 Å². The molecule has 0 radical (unpaired) electrons. The van der Waals surface area contributed by atoms with Crippen LogP contribution in [0.4, 0.5) is 4.79 Å². The van der Waals surface area contributed by atoms with Crippen LogP contribution in [0.5, 0.6) is 0 Å². The molecule has 0 aliphatic heterocycles. The molecule has 0 atom stereocenters. The maximum Gasteiger partial charge on any atom is 0.408 e. The number of rotatable bonds is 2. The van der Waals surface area contributed by atoms with E-state index in [1.165, 1.54) is 11.3 Å². The van der Waals surface area contributed by atoms with Crippen molar-refractivity contribution >= 4 is 17.4 Å². The summed E-state index contributed by atoms with van der Waals surface area (Å²) in [7, 11) is 0. The lowest BCUT2D eigenvalue weighted by Crippen LogP contribution is -2.32. The Kier molecular flexibility index (Phi) is 3.46. The van der Waals surface area contributed by atoms with Gasteiger partial charge >= 0.3 is 6.09 Å². The summed E-state index contributed by atoms with van der Waals surface area (Å²) >= 11 is 1.50. The first-order chi connectivity index (χ1) is 6.47. The van der Waals surface area contributed by atoms with Crippen molar-refractivity contribution in [1.82, 2.24) is 10.3 Å². The Hall–Kier alpha value is -1.10. The molecule has 14 heavy (non-hydrogen) atoms. The van der Waals surface area contributed by atoms with Crippen LogP contribution in [-0.2, 0) is 11.3 Å². The zero-order valence-electron chi connectivity index (χ0n) is 8.53. The Morgan fingerprint density at radius 3 is 2.86 bits per heavy atom. The number of carbonyl (C=O) groups is 1. The van der Waals surface area contributed by atoms with Crippen molar-refractivity contribution in [2.45, 2.75) is 32.9 Å². The molecule has 0 saturated heterocycles. The van der Waals surface area contributed by atoms with E-state index in [4.69, 9.17) is 4.74 Å². The van der Waals surface area contributed by atoms with Crippen molar-refractivity contribution < 1.29 is 9.53 Å². The fraction of sp³-hybridized carbons (Fsp3) is 0.556. The van der Waals surface area contributed by atoms with Gasteiger partial charge in [-0.05, 0) is 20.8 Å². The molecule has 4 nitrogen and oxygen atoms in total. The monoisotopic (exact) mass is 214 g/mol. The summed E-state index contributed by atoms with van der Waals surface area (Å²) < 4.78 is 5.06. The minimum absolute atomic E-state index is 0.410. The highest BCUT2D eigenvalue weighted by Gasteiger charge is 2.15. The number of ether oxygens (including phenoxy) is 1. The van der Waals surface area contributed by atoms with Crippen LogP contribution in [0, 0.1) is 0 Å². The van der Waals surface area contributed by atoms with Crippen molar-refractivity contribution in [3.05, 3.63) is 16.6 Å². The Bertz CT molecular complexity index is 290. The van der Waals surface area contributed by atoms with Crippen molar-refractivity contribution in [2.75, 3.05) is 0 Å². The third kappa shape index (κ3) is 4.23. The summed E-state index contributed by atoms with van der Waals surface area (Å²) in [4.78, 5) is 15.2. The van der Waals surface area contributed by atoms with E-state index in [0.717, 1.165) is 5.01 Å². The Morgan fingerprint density at radius 2 is 2.36 bits per heavy atom. The summed E-state index contributed by atoms with van der Waals surface area (Å²) in [6, 6.07) is 0. The highest BCUT2D eigenvalue weighted by Crippen LogP contribution is 2.07. The van der Waals surface area contributed by atoms with Gasteiger partial charge in [-0.2, -0.15) is 0 Å². The van der Waals surface area contributed by atoms with E-state index in [1.54, 1.807) is 6.20 Å². The number of carbonyl (C=O) groups excluding carboxylic acids is 1. The standard InChI is InChI=1S/C9H14N2O2S/c1-9(2,3)13-8(12)11-6-7-10-4-5-14-7/h4-5H,6H2,1-3H3,(H,11,12). The van der Waals surface area contributed by atoms with Crippen LogP contribution in [0.25, 0.3) is 0 Å². The molecule has 1 aromatic heterocycles. The van der Waals surface area contributed by atoms with Crippen molar-refractivity contribution in [2.24, 2.45) is 0 Å². The summed E-state index contributed by atoms with van der Waals surface area (Å²) in [6.45, 7) is 5.91. The zero-order valence-corrected chi connectivity index (χ0v) is 9.35. The predicted molar refractivity (Wildman–Crippen MR) is 55.2 cm³/mol. The molecule has 0 aliphatic carbocycles. The molecule has 1 rings (SSSR count). The van der Waals surface area contributed by atoms with Crippen LogP contribution in [-0.4, -0.2) is 16.7 Å². The van der Waals surface area contributed by atoms with Gasteiger partial charge in [0.05, 0.1) is 6.54 Å². The van der Waals surface area contributed by atoms with E-state index in [1.807, 2.05) is 26.2 Å². The molecule has 78 valence electrons. The lowest BCUT2D eigenvalue weighted by atomic mass is 10.2. The molecule has 1 N–H and O–H groups in total. The first kappa shape index (κ1) is 11.0. The first-order valence-electron chi connectivity index (χ1n) is 4.32. The Balaban J connectivity index is 2.29. The number of nitrogens with zero attached hydrogens (tertiary/aromatic N) is 1. The molecule has 1 heterocycles. The van der Waals surface area contributed by atoms with Gasteiger partial charge < -0.3 is 10.1 Å². The van der Waals surface area contributed by atoms with E-state index < -0.39 is 11.7 Å². The van der Waals surface area contributed by atoms with Crippen LogP contribution in [0.2, 0.25) is 0 Å². The van der Waals surface area contributed by atoms with E-state index in [9.17, 15) is 4.79 Å². The summed E-state index contributed by atoms with van der Waals surface area (Å²) in [5.41, 5.74) is -0.451. The average molecular weight is 214 g/mol. The van der Waals surface area contributed by atoms with Crippen molar-refractivity contribution in [3.8, 4) is 0 Å². The topological polar surface area (TPSA) is 51.2 Å². The zero-order chi connectivity index (χ0) is 10.6. The highest BCUT2D eigenvalue weighted by molar-refractivity contribution is 7.09. The number of amides is 1. The molecule has 0 aromatic carbocycles. The molecule has 0 unspecified atom stereocenters. The molecular weight excluding hydrogens is 200 g/mol. The van der Waals surface area contributed by atoms with Gasteiger partial charge in [0.1, 0.15) is 10.6 Å². The summed E-state index contributed by atoms with van der Waals surface area (Å²) in [6.07, 6.45) is 1.30. The van der Waals surface area contributed by atoms with E-state index >= 15 is 0 Å². The smallest absolute Gasteiger partial charge is 0.408 e. The molecule has 0 fully saturated rings. The van der Waals surface area contributed by atoms with E-state index in [2.05, 4.69) is 10.3 Å². The van der Waals surface area contributed by atoms with E-state index in [-0.39, 0.29) is 0 Å². The fourth-order valence-electron chi connectivity index (χ4n) is 0.802. The van der Waals surface area contributed by atoms with Gasteiger partial charge in [-0.25, -0.2) is 9.78 Å². The largest absolute Gasteiger partial charge is 0.444 e. The van der Waals surface area contributed by atoms with Crippen molar-refractivity contribution in [3.63, 3.8) is 0 Å². The van der Waals surface area contributed by atoms with Gasteiger partial charge in [0.25, 0.3) is 0 Å². The van der Waals surface area contributed by atoms with Crippen LogP contribution in [0.1, 0.15) is 25.8 Å². The van der Waals surface area contributed by atoms with Crippen molar-refractivity contribution in [1.29, 1.82) is 0 Å². The Morgan fingerprint density at radius 1 is 1.64 bits per heavy atom. The van der Waals surface area contributed by atoms with Gasteiger partial charge in [0.2, 0.25) is 0 Å². The summed E-state index contributed by atoms with van der Waals surface area (Å²) in [5, 5.41) is 5.37. The maximum atomic E-state index is 11.2. The minimum atomic E-state index is -0.451. The highest BCUT2D eigenvalue weighted by atomic mass is 32.1. The lowest BCUT2D eigenvalue weighted by molar-refractivity contribution is 0.0523. The second kappa shape index (κ2) is 4.41. The Labute approximate surface area is 87.3 Å². The average Bonchev–Trinajstić information content (AvgIpc) is 2.49. The van der Waals surface area contributed by atoms with E-state index in [0.29, 0.717) is 6.54 Å². The number of thiazole rings is 1. The molecule has 5 heteroatoms. The molecule has 1 aromatic rings. The van der Waals surface area contributed by atoms with Gasteiger partial charge in [-0.15, -0.1) is 11.3 Å². The molecular formula is C9H14N2O2S. The summed E-state index contributed by atoms with van der Waals surface area (Å²) in [5.74, 6) is 0. The molecule has 0 spiro atoms. The lowest BCUT2D eigenvalue weighted by Gasteiger charge is -2.19. The molecule has 0 aliphatic rings. The van der Waals surface area contributed by atoms with Gasteiger partial charge in [0, 0.05) is 11.6 Å². The molecule has 0 saturated carbocycles. The quantitative estimate of drug-likeness (QED) is 0.820. The number of hydrogen-bond donors (Lipinski definition) is 1. The normalized spacial score (nSPS) is 11.1. The van der Waals surface area contributed by atoms with Crippen LogP contribution in [0.3, 0.4) is 0 Å². The number of alkyl carbamates (subject to hydrolysis) is 1. The van der Waals surface area contributed by atoms with Gasteiger partial charge in [0.15, 0.2) is 0 Å².